The van der Waals surface area contributed by atoms with Crippen LogP contribution in [0.2, 0.25) is 0 Å². The predicted octanol–water partition coefficient (Wildman–Crippen LogP) is 16.4. The molecule has 0 unspecified atom stereocenters. The first-order chi connectivity index (χ1) is 41.5. The molecule has 0 spiro atoms. The number of carbonyl (C=O) groups is 1. The highest BCUT2D eigenvalue weighted by Crippen LogP contribution is 2.49. The molecule has 0 fully saturated rings. The van der Waals surface area contributed by atoms with Gasteiger partial charge >= 0.3 is 5.97 Å². The second-order valence-corrected chi connectivity index (χ2v) is 20.3. The molecule has 0 saturated carbocycles. The SMILES string of the molecule is C=CCc1c(OCc2ccccc2)cc(OCc2ccccc2)c2c1O[C@H](c1ccc(OCc3ccccc3)c(OCc3ccccc3)c1)[C@H](OC(=O)c1cc(OCc3ccccc3)c(OCc3ccccc3)c(OCc3ccccc3)c1)C2. The molecule has 0 aliphatic carbocycles. The van der Waals surface area contributed by atoms with Crippen molar-refractivity contribution in [3.8, 4) is 46.0 Å². The first-order valence-electron chi connectivity index (χ1n) is 28.2. The molecule has 10 heteroatoms. The van der Waals surface area contributed by atoms with Gasteiger partial charge in [0.2, 0.25) is 5.75 Å². The maximum atomic E-state index is 15.4. The highest BCUT2D eigenvalue weighted by atomic mass is 16.6. The fraction of sp³-hybridized carbons (Fsp3) is 0.149. The van der Waals surface area contributed by atoms with Crippen LogP contribution in [0.4, 0.5) is 0 Å². The normalized spacial score (nSPS) is 13.3. The van der Waals surface area contributed by atoms with Crippen molar-refractivity contribution in [3.63, 3.8) is 0 Å². The van der Waals surface area contributed by atoms with E-state index in [-0.39, 0.29) is 45.0 Å². The third-order valence-corrected chi connectivity index (χ3v) is 14.2. The third kappa shape index (κ3) is 14.6. The van der Waals surface area contributed by atoms with Gasteiger partial charge in [-0.15, -0.1) is 6.58 Å². The molecule has 0 amide bonds. The summed E-state index contributed by atoms with van der Waals surface area (Å²) >= 11 is 0. The van der Waals surface area contributed by atoms with Crippen LogP contribution >= 0.6 is 0 Å². The number of benzene rings is 10. The fourth-order valence-corrected chi connectivity index (χ4v) is 9.86. The van der Waals surface area contributed by atoms with Gasteiger partial charge in [0, 0.05) is 29.2 Å². The Bertz CT molecular complexity index is 3650. The van der Waals surface area contributed by atoms with E-state index >= 15 is 4.79 Å². The third-order valence-electron chi connectivity index (χ3n) is 14.2. The summed E-state index contributed by atoms with van der Waals surface area (Å²) in [6.07, 6.45) is 0.548. The van der Waals surface area contributed by atoms with Gasteiger partial charge in [-0.25, -0.2) is 4.79 Å². The standard InChI is InChI=1S/C74H64O10/c1-2-24-62-65(77-47-54-27-12-4-13-28-54)45-66(78-48-55-29-14-5-15-30-55)63-44-70(71(84-72(62)63)60-39-40-64(76-46-53-25-10-3-11-26-53)67(41-60)79-49-56-31-16-6-17-32-56)83-74(75)61-42-68(80-50-57-33-18-7-19-34-57)73(82-52-59-37-22-9-23-38-59)69(43-61)81-51-58-35-20-8-21-36-58/h2-23,25-43,45,70-71H,1,24,44,46-52H2/t70-,71-/m1/s1. The van der Waals surface area contributed by atoms with Crippen LogP contribution in [0, 0.1) is 0 Å². The number of esters is 1. The number of hydrogen-bond donors (Lipinski definition) is 0. The molecule has 1 aliphatic heterocycles. The van der Waals surface area contributed by atoms with Gasteiger partial charge in [-0.3, -0.25) is 0 Å². The van der Waals surface area contributed by atoms with Crippen LogP contribution in [0.5, 0.6) is 46.0 Å². The van der Waals surface area contributed by atoms with Crippen LogP contribution in [0.3, 0.4) is 0 Å². The van der Waals surface area contributed by atoms with Gasteiger partial charge in [0.1, 0.15) is 69.6 Å². The molecule has 0 aromatic heterocycles. The lowest BCUT2D eigenvalue weighted by molar-refractivity contribution is -0.0194. The smallest absolute Gasteiger partial charge is 0.338 e. The molecule has 0 bridgehead atoms. The van der Waals surface area contributed by atoms with Crippen LogP contribution in [-0.4, -0.2) is 12.1 Å². The molecule has 1 aliphatic rings. The lowest BCUT2D eigenvalue weighted by atomic mass is 9.91. The Kier molecular flexibility index (Phi) is 18.6. The Hall–Kier alpha value is -10.2. The molecule has 0 radical (unpaired) electrons. The minimum atomic E-state index is -0.953. The second kappa shape index (κ2) is 28.0. The van der Waals surface area contributed by atoms with Crippen LogP contribution in [0.1, 0.15) is 72.1 Å². The van der Waals surface area contributed by atoms with E-state index in [1.54, 1.807) is 12.1 Å². The fourth-order valence-electron chi connectivity index (χ4n) is 9.86. The molecule has 2 atom stereocenters. The van der Waals surface area contributed by atoms with E-state index in [0.29, 0.717) is 76.8 Å². The average molecular weight is 1110 g/mol. The van der Waals surface area contributed by atoms with Gasteiger partial charge in [-0.1, -0.05) is 224 Å². The molecular formula is C74H64O10. The summed E-state index contributed by atoms with van der Waals surface area (Å²) in [6, 6.07) is 80.4. The van der Waals surface area contributed by atoms with E-state index in [4.69, 9.17) is 42.6 Å². The zero-order valence-electron chi connectivity index (χ0n) is 46.6. The molecule has 420 valence electrons. The average Bonchev–Trinajstić information content (AvgIpc) is 1.98. The van der Waals surface area contributed by atoms with E-state index in [1.165, 1.54) is 0 Å². The van der Waals surface area contributed by atoms with Gasteiger partial charge in [-0.2, -0.15) is 0 Å². The Morgan fingerprint density at radius 2 is 0.774 bits per heavy atom. The summed E-state index contributed by atoms with van der Waals surface area (Å²) in [5.41, 5.74) is 9.04. The van der Waals surface area contributed by atoms with Gasteiger partial charge in [0.05, 0.1) is 5.56 Å². The molecule has 0 N–H and O–H groups in total. The van der Waals surface area contributed by atoms with E-state index in [1.807, 2.05) is 243 Å². The highest BCUT2D eigenvalue weighted by molar-refractivity contribution is 5.91. The monoisotopic (exact) mass is 1110 g/mol. The number of rotatable bonds is 26. The topological polar surface area (TPSA) is 100 Å². The van der Waals surface area contributed by atoms with Gasteiger partial charge in [0.15, 0.2) is 29.1 Å². The Labute approximate surface area is 491 Å². The molecule has 84 heavy (non-hydrogen) atoms. The van der Waals surface area contributed by atoms with Gasteiger partial charge < -0.3 is 42.6 Å². The summed E-state index contributed by atoms with van der Waals surface area (Å²) < 4.78 is 60.8. The van der Waals surface area contributed by atoms with Crippen LogP contribution in [0.15, 0.2) is 261 Å². The van der Waals surface area contributed by atoms with Crippen molar-refractivity contribution in [2.45, 2.75) is 71.3 Å². The quantitative estimate of drug-likeness (QED) is 0.0385. The van der Waals surface area contributed by atoms with Crippen molar-refractivity contribution in [3.05, 3.63) is 323 Å². The lowest BCUT2D eigenvalue weighted by Gasteiger charge is -2.36. The van der Waals surface area contributed by atoms with Crippen molar-refractivity contribution >= 4 is 5.97 Å². The Morgan fingerprint density at radius 3 is 1.19 bits per heavy atom. The van der Waals surface area contributed by atoms with Crippen molar-refractivity contribution in [2.24, 2.45) is 0 Å². The second-order valence-electron chi connectivity index (χ2n) is 20.3. The predicted molar refractivity (Wildman–Crippen MR) is 325 cm³/mol. The lowest BCUT2D eigenvalue weighted by Crippen LogP contribution is -2.35. The number of carbonyl (C=O) groups excluding carboxylic acids is 1. The highest BCUT2D eigenvalue weighted by Gasteiger charge is 2.39. The van der Waals surface area contributed by atoms with E-state index in [0.717, 1.165) is 44.5 Å². The molecule has 10 aromatic rings. The summed E-state index contributed by atoms with van der Waals surface area (Å²) in [7, 11) is 0. The summed E-state index contributed by atoms with van der Waals surface area (Å²) in [4.78, 5) is 15.4. The summed E-state index contributed by atoms with van der Waals surface area (Å²) in [5.74, 6) is 2.95. The summed E-state index contributed by atoms with van der Waals surface area (Å²) in [6.45, 7) is 5.87. The molecule has 10 nitrogen and oxygen atoms in total. The molecule has 0 saturated heterocycles. The number of hydrogen-bond acceptors (Lipinski definition) is 10. The Morgan fingerprint density at radius 1 is 0.405 bits per heavy atom. The number of ether oxygens (including phenoxy) is 9. The minimum Gasteiger partial charge on any atom is -0.488 e. The van der Waals surface area contributed by atoms with Crippen LogP contribution in [-0.2, 0) is 63.8 Å². The first kappa shape index (κ1) is 55.7. The van der Waals surface area contributed by atoms with E-state index < -0.39 is 18.2 Å². The largest absolute Gasteiger partial charge is 0.488 e. The molecule has 11 rings (SSSR count). The van der Waals surface area contributed by atoms with Crippen LogP contribution < -0.4 is 37.9 Å². The number of allylic oxidation sites excluding steroid dienone is 1. The van der Waals surface area contributed by atoms with Crippen molar-refractivity contribution in [1.82, 2.24) is 0 Å². The maximum absolute atomic E-state index is 15.4. The molecule has 10 aromatic carbocycles. The van der Waals surface area contributed by atoms with E-state index in [2.05, 4.69) is 6.58 Å². The minimum absolute atomic E-state index is 0.173. The zero-order valence-corrected chi connectivity index (χ0v) is 46.6. The molecular weight excluding hydrogens is 1050 g/mol. The van der Waals surface area contributed by atoms with Crippen molar-refractivity contribution in [2.75, 3.05) is 0 Å². The van der Waals surface area contributed by atoms with Gasteiger partial charge in [-0.05, 0) is 69.6 Å². The van der Waals surface area contributed by atoms with Crippen LogP contribution in [0.25, 0.3) is 0 Å². The summed E-state index contributed by atoms with van der Waals surface area (Å²) in [5, 5.41) is 0. The molecule has 1 heterocycles. The van der Waals surface area contributed by atoms with Gasteiger partial charge in [0.25, 0.3) is 0 Å². The van der Waals surface area contributed by atoms with Crippen molar-refractivity contribution in [1.29, 1.82) is 0 Å². The zero-order chi connectivity index (χ0) is 57.1. The Balaban J connectivity index is 1.02. The van der Waals surface area contributed by atoms with E-state index in [9.17, 15) is 0 Å². The number of fused-ring (bicyclic) bond motifs is 1. The first-order valence-corrected chi connectivity index (χ1v) is 28.2. The van der Waals surface area contributed by atoms with Crippen molar-refractivity contribution < 1.29 is 47.4 Å². The maximum Gasteiger partial charge on any atom is 0.338 e.